The van der Waals surface area contributed by atoms with Gasteiger partial charge < -0.3 is 9.47 Å². The van der Waals surface area contributed by atoms with E-state index in [9.17, 15) is 4.79 Å². The summed E-state index contributed by atoms with van der Waals surface area (Å²) in [6.45, 7) is 0. The van der Waals surface area contributed by atoms with Crippen molar-refractivity contribution >= 4 is 32.7 Å². The monoisotopic (exact) mass is 370 g/mol. The molecule has 23 heavy (non-hydrogen) atoms. The van der Waals surface area contributed by atoms with Crippen LogP contribution in [0.15, 0.2) is 59.1 Å². The second-order valence-electron chi connectivity index (χ2n) is 5.01. The summed E-state index contributed by atoms with van der Waals surface area (Å²) in [6.07, 6.45) is 0. The van der Waals surface area contributed by atoms with Gasteiger partial charge in [-0.05, 0) is 34.7 Å². The number of esters is 1. The molecule has 0 aliphatic carbocycles. The Balaban J connectivity index is 2.35. The summed E-state index contributed by atoms with van der Waals surface area (Å²) >= 11 is 3.58. The number of fused-ring (bicyclic) bond motifs is 1. The zero-order chi connectivity index (χ0) is 16.4. The summed E-state index contributed by atoms with van der Waals surface area (Å²) in [4.78, 5) is 12.1. The fourth-order valence-electron chi connectivity index (χ4n) is 2.74. The molecule has 3 aromatic rings. The van der Waals surface area contributed by atoms with E-state index in [-0.39, 0.29) is 5.97 Å². The van der Waals surface area contributed by atoms with E-state index in [1.807, 2.05) is 48.5 Å². The predicted octanol–water partition coefficient (Wildman–Crippen LogP) is 5.06. The third-order valence-corrected chi connectivity index (χ3v) is 4.45. The van der Waals surface area contributed by atoms with Crippen molar-refractivity contribution in [3.05, 3.63) is 64.6 Å². The lowest BCUT2D eigenvalue weighted by Gasteiger charge is -2.14. The van der Waals surface area contributed by atoms with E-state index in [1.54, 1.807) is 13.2 Å². The SMILES string of the molecule is COC(=O)c1ccccc1-c1ccc(OC)c2c(Br)cccc12. The van der Waals surface area contributed by atoms with Crippen LogP contribution in [-0.2, 0) is 4.74 Å². The van der Waals surface area contributed by atoms with Gasteiger partial charge in [0.2, 0.25) is 0 Å². The molecule has 0 unspecified atom stereocenters. The van der Waals surface area contributed by atoms with Crippen LogP contribution >= 0.6 is 15.9 Å². The number of ether oxygens (including phenoxy) is 2. The molecule has 3 aromatic carbocycles. The summed E-state index contributed by atoms with van der Waals surface area (Å²) in [5, 5.41) is 1.99. The van der Waals surface area contributed by atoms with Gasteiger partial charge in [0.15, 0.2) is 0 Å². The van der Waals surface area contributed by atoms with Crippen molar-refractivity contribution in [1.29, 1.82) is 0 Å². The van der Waals surface area contributed by atoms with Crippen LogP contribution in [0.2, 0.25) is 0 Å². The molecular formula is C19H15BrO3. The number of benzene rings is 3. The van der Waals surface area contributed by atoms with Crippen molar-refractivity contribution in [1.82, 2.24) is 0 Å². The van der Waals surface area contributed by atoms with Gasteiger partial charge in [0.1, 0.15) is 5.75 Å². The van der Waals surface area contributed by atoms with Crippen LogP contribution in [0.4, 0.5) is 0 Å². The predicted molar refractivity (Wildman–Crippen MR) is 95.0 cm³/mol. The van der Waals surface area contributed by atoms with Crippen molar-refractivity contribution in [3.63, 3.8) is 0 Å². The third-order valence-electron chi connectivity index (χ3n) is 3.79. The number of methoxy groups -OCH3 is 2. The maximum Gasteiger partial charge on any atom is 0.338 e. The Hall–Kier alpha value is -2.33. The molecule has 0 radical (unpaired) electrons. The molecule has 0 N–H and O–H groups in total. The molecule has 0 amide bonds. The minimum atomic E-state index is -0.348. The van der Waals surface area contributed by atoms with E-state index >= 15 is 0 Å². The molecule has 4 heteroatoms. The van der Waals surface area contributed by atoms with Crippen LogP contribution in [0.25, 0.3) is 21.9 Å². The molecule has 3 nitrogen and oxygen atoms in total. The summed E-state index contributed by atoms with van der Waals surface area (Å²) in [6, 6.07) is 17.3. The zero-order valence-electron chi connectivity index (χ0n) is 12.8. The van der Waals surface area contributed by atoms with Crippen LogP contribution in [0.3, 0.4) is 0 Å². The van der Waals surface area contributed by atoms with Crippen LogP contribution in [0.5, 0.6) is 5.75 Å². The number of hydrogen-bond acceptors (Lipinski definition) is 3. The van der Waals surface area contributed by atoms with E-state index in [1.165, 1.54) is 7.11 Å². The first-order valence-corrected chi connectivity index (χ1v) is 7.89. The first kappa shape index (κ1) is 15.6. The number of halogens is 1. The van der Waals surface area contributed by atoms with Crippen molar-refractivity contribution in [3.8, 4) is 16.9 Å². The van der Waals surface area contributed by atoms with Crippen LogP contribution in [0, 0.1) is 0 Å². The largest absolute Gasteiger partial charge is 0.496 e. The smallest absolute Gasteiger partial charge is 0.338 e. The normalized spacial score (nSPS) is 10.6. The van der Waals surface area contributed by atoms with Gasteiger partial charge in [-0.3, -0.25) is 0 Å². The highest BCUT2D eigenvalue weighted by Crippen LogP contribution is 2.39. The van der Waals surface area contributed by atoms with Crippen LogP contribution in [-0.4, -0.2) is 20.2 Å². The minimum Gasteiger partial charge on any atom is -0.496 e. The average Bonchev–Trinajstić information content (AvgIpc) is 2.60. The van der Waals surface area contributed by atoms with Gasteiger partial charge in [0, 0.05) is 9.86 Å². The first-order chi connectivity index (χ1) is 11.2. The summed E-state index contributed by atoms with van der Waals surface area (Å²) in [5.41, 5.74) is 2.34. The number of rotatable bonds is 3. The molecule has 0 aromatic heterocycles. The Morgan fingerprint density at radius 2 is 1.70 bits per heavy atom. The Kier molecular flexibility index (Phi) is 4.35. The van der Waals surface area contributed by atoms with Gasteiger partial charge >= 0.3 is 5.97 Å². The van der Waals surface area contributed by atoms with Crippen LogP contribution < -0.4 is 4.74 Å². The van der Waals surface area contributed by atoms with E-state index in [0.29, 0.717) is 5.56 Å². The fourth-order valence-corrected chi connectivity index (χ4v) is 3.30. The molecular weight excluding hydrogens is 356 g/mol. The van der Waals surface area contributed by atoms with Gasteiger partial charge in [-0.1, -0.05) is 52.3 Å². The van der Waals surface area contributed by atoms with Gasteiger partial charge in [-0.25, -0.2) is 4.79 Å². The molecule has 3 rings (SSSR count). The minimum absolute atomic E-state index is 0.348. The van der Waals surface area contributed by atoms with Gasteiger partial charge in [-0.2, -0.15) is 0 Å². The highest BCUT2D eigenvalue weighted by molar-refractivity contribution is 9.10. The van der Waals surface area contributed by atoms with Gasteiger partial charge in [-0.15, -0.1) is 0 Å². The molecule has 0 spiro atoms. The van der Waals surface area contributed by atoms with Crippen molar-refractivity contribution < 1.29 is 14.3 Å². The summed E-state index contributed by atoms with van der Waals surface area (Å²) in [7, 11) is 3.04. The maximum absolute atomic E-state index is 12.1. The Bertz CT molecular complexity index is 887. The standard InChI is InChI=1S/C19H15BrO3/c1-22-17-11-10-13(14-8-5-9-16(20)18(14)17)12-6-3-4-7-15(12)19(21)23-2/h3-11H,1-2H3. The second kappa shape index (κ2) is 6.42. The first-order valence-electron chi connectivity index (χ1n) is 7.10. The summed E-state index contributed by atoms with van der Waals surface area (Å²) in [5.74, 6) is 0.436. The van der Waals surface area contributed by atoms with Crippen molar-refractivity contribution in [2.45, 2.75) is 0 Å². The highest BCUT2D eigenvalue weighted by atomic mass is 79.9. The van der Waals surface area contributed by atoms with E-state index < -0.39 is 0 Å². The number of hydrogen-bond donors (Lipinski definition) is 0. The second-order valence-corrected chi connectivity index (χ2v) is 5.87. The highest BCUT2D eigenvalue weighted by Gasteiger charge is 2.16. The molecule has 0 aliphatic heterocycles. The van der Waals surface area contributed by atoms with Crippen LogP contribution in [0.1, 0.15) is 10.4 Å². The lowest BCUT2D eigenvalue weighted by atomic mass is 9.94. The van der Waals surface area contributed by atoms with Crippen molar-refractivity contribution in [2.75, 3.05) is 14.2 Å². The Morgan fingerprint density at radius 3 is 2.43 bits per heavy atom. The topological polar surface area (TPSA) is 35.5 Å². The van der Waals surface area contributed by atoms with Gasteiger partial charge in [0.05, 0.1) is 19.8 Å². The lowest BCUT2D eigenvalue weighted by molar-refractivity contribution is 0.0601. The number of carbonyl (C=O) groups is 1. The third kappa shape index (κ3) is 2.70. The van der Waals surface area contributed by atoms with E-state index in [2.05, 4.69) is 15.9 Å². The Morgan fingerprint density at radius 1 is 0.913 bits per heavy atom. The van der Waals surface area contributed by atoms with E-state index in [4.69, 9.17) is 9.47 Å². The molecule has 0 aliphatic rings. The zero-order valence-corrected chi connectivity index (χ0v) is 14.4. The lowest BCUT2D eigenvalue weighted by Crippen LogP contribution is -2.03. The molecule has 0 atom stereocenters. The molecule has 0 saturated heterocycles. The Labute approximate surface area is 143 Å². The fraction of sp³-hybridized carbons (Fsp3) is 0.105. The van der Waals surface area contributed by atoms with E-state index in [0.717, 1.165) is 32.1 Å². The average molecular weight is 371 g/mol. The maximum atomic E-state index is 12.1. The van der Waals surface area contributed by atoms with Crippen molar-refractivity contribution in [2.24, 2.45) is 0 Å². The molecule has 116 valence electrons. The molecule has 0 saturated carbocycles. The molecule has 0 bridgehead atoms. The molecule has 0 heterocycles. The number of carbonyl (C=O) groups excluding carboxylic acids is 1. The molecule has 0 fully saturated rings. The van der Waals surface area contributed by atoms with Gasteiger partial charge in [0.25, 0.3) is 0 Å². The quantitative estimate of drug-likeness (QED) is 0.604. The summed E-state index contributed by atoms with van der Waals surface area (Å²) < 4.78 is 11.3.